The number of rotatable bonds is 2. The summed E-state index contributed by atoms with van der Waals surface area (Å²) in [6, 6.07) is 16.7. The lowest BCUT2D eigenvalue weighted by atomic mass is 9.95. The Bertz CT molecular complexity index is 736. The van der Waals surface area contributed by atoms with E-state index in [0.29, 0.717) is 11.1 Å². The quantitative estimate of drug-likeness (QED) is 0.707. The van der Waals surface area contributed by atoms with Crippen LogP contribution in [0.15, 0.2) is 60.7 Å². The van der Waals surface area contributed by atoms with Crippen LogP contribution in [0.1, 0.15) is 5.56 Å². The molecule has 2 N–H and O–H groups in total. The van der Waals surface area contributed by atoms with E-state index in [-0.39, 0.29) is 17.3 Å². The highest BCUT2D eigenvalue weighted by molar-refractivity contribution is 5.74. The van der Waals surface area contributed by atoms with E-state index >= 15 is 0 Å². The van der Waals surface area contributed by atoms with Crippen LogP contribution in [0.4, 0.5) is 4.39 Å². The van der Waals surface area contributed by atoms with Crippen LogP contribution in [-0.2, 0) is 0 Å². The fraction of sp³-hybridized carbons (Fsp3) is 0.0526. The molecule has 0 radical (unpaired) electrons. The van der Waals surface area contributed by atoms with Gasteiger partial charge in [-0.2, -0.15) is 0 Å². The van der Waals surface area contributed by atoms with Gasteiger partial charge >= 0.3 is 0 Å². The molecule has 0 saturated carbocycles. The first-order valence-corrected chi connectivity index (χ1v) is 6.94. The molecule has 0 aliphatic rings. The highest BCUT2D eigenvalue weighted by atomic mass is 19.1. The molecule has 0 aliphatic heterocycles. The van der Waals surface area contributed by atoms with Gasteiger partial charge in [0.15, 0.2) is 0 Å². The van der Waals surface area contributed by atoms with Gasteiger partial charge in [0, 0.05) is 5.56 Å². The van der Waals surface area contributed by atoms with Crippen LogP contribution in [-0.4, -0.2) is 10.2 Å². The molecule has 3 aromatic carbocycles. The van der Waals surface area contributed by atoms with Crippen LogP contribution in [0.5, 0.6) is 11.5 Å². The van der Waals surface area contributed by atoms with Crippen molar-refractivity contribution in [3.63, 3.8) is 0 Å². The topological polar surface area (TPSA) is 40.5 Å². The van der Waals surface area contributed by atoms with Gasteiger partial charge in [0.1, 0.15) is 17.3 Å². The Kier molecular flexibility index (Phi) is 3.55. The molecule has 3 heteroatoms. The molecule has 0 heterocycles. The summed E-state index contributed by atoms with van der Waals surface area (Å²) < 4.78 is 14.7. The molecule has 0 amide bonds. The van der Waals surface area contributed by atoms with Crippen molar-refractivity contribution in [3.8, 4) is 33.8 Å². The summed E-state index contributed by atoms with van der Waals surface area (Å²) in [5, 5.41) is 18.7. The van der Waals surface area contributed by atoms with Gasteiger partial charge in [-0.15, -0.1) is 0 Å². The molecular weight excluding hydrogens is 279 g/mol. The molecule has 3 rings (SSSR count). The summed E-state index contributed by atoms with van der Waals surface area (Å²) in [7, 11) is 0. The van der Waals surface area contributed by atoms with Gasteiger partial charge in [0.25, 0.3) is 0 Å². The normalized spacial score (nSPS) is 10.6. The SMILES string of the molecule is Cc1c(-c2ccc(O)cc2)ccc(-c2ccc(O)cc2)c1F. The lowest BCUT2D eigenvalue weighted by molar-refractivity contribution is 0.475. The van der Waals surface area contributed by atoms with Crippen molar-refractivity contribution in [2.24, 2.45) is 0 Å². The summed E-state index contributed by atoms with van der Waals surface area (Å²) in [5.41, 5.74) is 3.42. The van der Waals surface area contributed by atoms with E-state index in [1.807, 2.05) is 6.07 Å². The molecule has 0 aromatic heterocycles. The Balaban J connectivity index is 2.08. The van der Waals surface area contributed by atoms with E-state index in [2.05, 4.69) is 0 Å². The average molecular weight is 294 g/mol. The first-order chi connectivity index (χ1) is 10.6. The fourth-order valence-corrected chi connectivity index (χ4v) is 2.50. The minimum atomic E-state index is -0.281. The van der Waals surface area contributed by atoms with Crippen molar-refractivity contribution < 1.29 is 14.6 Å². The van der Waals surface area contributed by atoms with Crippen molar-refractivity contribution in [1.82, 2.24) is 0 Å². The lowest BCUT2D eigenvalue weighted by Gasteiger charge is -2.12. The zero-order valence-corrected chi connectivity index (χ0v) is 12.0. The Hall–Kier alpha value is -2.81. The van der Waals surface area contributed by atoms with Crippen molar-refractivity contribution in [1.29, 1.82) is 0 Å². The molecule has 0 spiro atoms. The second-order valence-electron chi connectivity index (χ2n) is 5.19. The Morgan fingerprint density at radius 1 is 0.636 bits per heavy atom. The van der Waals surface area contributed by atoms with Crippen LogP contribution >= 0.6 is 0 Å². The highest BCUT2D eigenvalue weighted by Crippen LogP contribution is 2.33. The van der Waals surface area contributed by atoms with Gasteiger partial charge in [-0.1, -0.05) is 36.4 Å². The maximum atomic E-state index is 14.7. The van der Waals surface area contributed by atoms with Crippen LogP contribution < -0.4 is 0 Å². The smallest absolute Gasteiger partial charge is 0.134 e. The summed E-state index contributed by atoms with van der Waals surface area (Å²) in [5.74, 6) is 0.0560. The molecule has 0 fully saturated rings. The summed E-state index contributed by atoms with van der Waals surface area (Å²) in [6.07, 6.45) is 0. The molecule has 3 aromatic rings. The van der Waals surface area contributed by atoms with E-state index < -0.39 is 0 Å². The third-order valence-corrected chi connectivity index (χ3v) is 3.74. The minimum Gasteiger partial charge on any atom is -0.508 e. The minimum absolute atomic E-state index is 0.154. The van der Waals surface area contributed by atoms with Gasteiger partial charge < -0.3 is 10.2 Å². The summed E-state index contributed by atoms with van der Waals surface area (Å²) in [6.45, 7) is 1.74. The van der Waals surface area contributed by atoms with Crippen molar-refractivity contribution in [2.75, 3.05) is 0 Å². The van der Waals surface area contributed by atoms with Gasteiger partial charge in [-0.25, -0.2) is 4.39 Å². The molecule has 0 unspecified atom stereocenters. The van der Waals surface area contributed by atoms with Gasteiger partial charge in [0.05, 0.1) is 0 Å². The number of phenols is 2. The third-order valence-electron chi connectivity index (χ3n) is 3.74. The zero-order chi connectivity index (χ0) is 15.7. The first-order valence-electron chi connectivity index (χ1n) is 6.94. The summed E-state index contributed by atoms with van der Waals surface area (Å²) >= 11 is 0. The standard InChI is InChI=1S/C19H15FO2/c1-12-17(13-2-6-15(21)7-3-13)10-11-18(19(12)20)14-4-8-16(22)9-5-14/h2-11,21-22H,1H3. The van der Waals surface area contributed by atoms with E-state index in [1.54, 1.807) is 49.4 Å². The zero-order valence-electron chi connectivity index (χ0n) is 12.0. The van der Waals surface area contributed by atoms with Gasteiger partial charge in [0.2, 0.25) is 0 Å². The van der Waals surface area contributed by atoms with Crippen LogP contribution in [0.2, 0.25) is 0 Å². The van der Waals surface area contributed by atoms with Crippen LogP contribution in [0, 0.1) is 12.7 Å². The monoisotopic (exact) mass is 294 g/mol. The lowest BCUT2D eigenvalue weighted by Crippen LogP contribution is -1.92. The molecule has 0 atom stereocenters. The largest absolute Gasteiger partial charge is 0.508 e. The predicted molar refractivity (Wildman–Crippen MR) is 85.3 cm³/mol. The number of hydrogen-bond acceptors (Lipinski definition) is 2. The molecule has 0 saturated heterocycles. The number of phenolic OH excluding ortho intramolecular Hbond substituents is 2. The van der Waals surface area contributed by atoms with Crippen molar-refractivity contribution in [3.05, 3.63) is 72.0 Å². The van der Waals surface area contributed by atoms with E-state index in [4.69, 9.17) is 0 Å². The predicted octanol–water partition coefficient (Wildman–Crippen LogP) is 4.88. The van der Waals surface area contributed by atoms with E-state index in [0.717, 1.165) is 16.7 Å². The fourth-order valence-electron chi connectivity index (χ4n) is 2.50. The molecule has 0 bridgehead atoms. The average Bonchev–Trinajstić information content (AvgIpc) is 2.52. The van der Waals surface area contributed by atoms with E-state index in [9.17, 15) is 14.6 Å². The molecular formula is C19H15FO2. The van der Waals surface area contributed by atoms with Crippen LogP contribution in [0.25, 0.3) is 22.3 Å². The Morgan fingerprint density at radius 2 is 1.05 bits per heavy atom. The number of hydrogen-bond donors (Lipinski definition) is 2. The van der Waals surface area contributed by atoms with Crippen LogP contribution in [0.3, 0.4) is 0 Å². The van der Waals surface area contributed by atoms with E-state index in [1.165, 1.54) is 12.1 Å². The summed E-state index contributed by atoms with van der Waals surface area (Å²) in [4.78, 5) is 0. The third kappa shape index (κ3) is 2.53. The van der Waals surface area contributed by atoms with Gasteiger partial charge in [-0.3, -0.25) is 0 Å². The molecule has 0 aliphatic carbocycles. The number of benzene rings is 3. The molecule has 2 nitrogen and oxygen atoms in total. The Labute approximate surface area is 128 Å². The van der Waals surface area contributed by atoms with Gasteiger partial charge in [-0.05, 0) is 53.4 Å². The highest BCUT2D eigenvalue weighted by Gasteiger charge is 2.12. The molecule has 110 valence electrons. The second-order valence-corrected chi connectivity index (χ2v) is 5.19. The van der Waals surface area contributed by atoms with Crippen molar-refractivity contribution >= 4 is 0 Å². The number of aromatic hydroxyl groups is 2. The first kappa shape index (κ1) is 14.1. The molecule has 22 heavy (non-hydrogen) atoms. The maximum absolute atomic E-state index is 14.7. The van der Waals surface area contributed by atoms with Crippen molar-refractivity contribution in [2.45, 2.75) is 6.92 Å². The number of halogens is 1. The second kappa shape index (κ2) is 5.53. The maximum Gasteiger partial charge on any atom is 0.134 e. The Morgan fingerprint density at radius 3 is 1.55 bits per heavy atom.